The predicted octanol–water partition coefficient (Wildman–Crippen LogP) is 4.80. The topological polar surface area (TPSA) is 86.8 Å². The number of ether oxygens (including phenoxy) is 1. The van der Waals surface area contributed by atoms with Crippen LogP contribution in [0.2, 0.25) is 5.02 Å². The molecule has 1 aromatic heterocycles. The minimum absolute atomic E-state index is 0.0253. The molecule has 0 saturated carbocycles. The van der Waals surface area contributed by atoms with E-state index in [1.54, 1.807) is 6.07 Å². The van der Waals surface area contributed by atoms with E-state index in [-0.39, 0.29) is 24.0 Å². The van der Waals surface area contributed by atoms with Gasteiger partial charge in [0, 0.05) is 73.4 Å². The molecular formula is C29H32ClN5O3. The second-order valence-corrected chi connectivity index (χ2v) is 10.1. The van der Waals surface area contributed by atoms with Gasteiger partial charge >= 0.3 is 6.03 Å². The number of carbonyl (C=O) groups is 2. The third-order valence-corrected chi connectivity index (χ3v) is 7.73. The van der Waals surface area contributed by atoms with Gasteiger partial charge in [0.15, 0.2) is 0 Å². The SMILES string of the molecule is CN(C(=O)c1ccc2c(c1)C(NC(=O)NCc1ccccc1Cl)CCO2)C1CCN(c2ccncc2)CC1. The molecule has 9 heteroatoms. The first-order valence-corrected chi connectivity index (χ1v) is 13.3. The molecule has 198 valence electrons. The second-order valence-electron chi connectivity index (χ2n) is 9.70. The Morgan fingerprint density at radius 3 is 2.61 bits per heavy atom. The van der Waals surface area contributed by atoms with Crippen molar-refractivity contribution < 1.29 is 14.3 Å². The van der Waals surface area contributed by atoms with E-state index < -0.39 is 0 Å². The van der Waals surface area contributed by atoms with Crippen LogP contribution < -0.4 is 20.3 Å². The van der Waals surface area contributed by atoms with Crippen molar-refractivity contribution in [3.8, 4) is 5.75 Å². The van der Waals surface area contributed by atoms with Crippen LogP contribution in [0.25, 0.3) is 0 Å². The van der Waals surface area contributed by atoms with Gasteiger partial charge in [0.2, 0.25) is 0 Å². The zero-order chi connectivity index (χ0) is 26.5. The third-order valence-electron chi connectivity index (χ3n) is 7.36. The van der Waals surface area contributed by atoms with Gasteiger partial charge < -0.3 is 25.2 Å². The molecule has 2 aromatic carbocycles. The van der Waals surface area contributed by atoms with Gasteiger partial charge in [-0.05, 0) is 54.8 Å². The van der Waals surface area contributed by atoms with E-state index in [1.807, 2.05) is 72.9 Å². The van der Waals surface area contributed by atoms with Crippen LogP contribution in [-0.2, 0) is 6.54 Å². The molecule has 1 fully saturated rings. The molecular weight excluding hydrogens is 502 g/mol. The summed E-state index contributed by atoms with van der Waals surface area (Å²) in [7, 11) is 1.88. The highest BCUT2D eigenvalue weighted by molar-refractivity contribution is 6.31. The molecule has 0 bridgehead atoms. The molecule has 2 aliphatic rings. The van der Waals surface area contributed by atoms with Crippen LogP contribution in [0.3, 0.4) is 0 Å². The molecule has 0 radical (unpaired) electrons. The van der Waals surface area contributed by atoms with Gasteiger partial charge in [-0.3, -0.25) is 9.78 Å². The number of fused-ring (bicyclic) bond motifs is 1. The number of anilines is 1. The first-order chi connectivity index (χ1) is 18.5. The molecule has 2 aliphatic heterocycles. The van der Waals surface area contributed by atoms with Crippen LogP contribution in [0.1, 0.15) is 46.8 Å². The molecule has 8 nitrogen and oxygen atoms in total. The molecule has 1 atom stereocenters. The Bertz CT molecular complexity index is 1280. The van der Waals surface area contributed by atoms with Crippen molar-refractivity contribution in [2.24, 2.45) is 0 Å². The Morgan fingerprint density at radius 1 is 1.08 bits per heavy atom. The maximum absolute atomic E-state index is 13.5. The minimum Gasteiger partial charge on any atom is -0.493 e. The molecule has 1 unspecified atom stereocenters. The summed E-state index contributed by atoms with van der Waals surface area (Å²) >= 11 is 6.20. The number of halogens is 1. The quantitative estimate of drug-likeness (QED) is 0.475. The zero-order valence-electron chi connectivity index (χ0n) is 21.4. The smallest absolute Gasteiger partial charge is 0.315 e. The molecule has 0 aliphatic carbocycles. The van der Waals surface area contributed by atoms with Crippen LogP contribution >= 0.6 is 11.6 Å². The van der Waals surface area contributed by atoms with Crippen LogP contribution in [0.4, 0.5) is 10.5 Å². The first kappa shape index (κ1) is 25.9. The van der Waals surface area contributed by atoms with E-state index >= 15 is 0 Å². The Labute approximate surface area is 227 Å². The zero-order valence-corrected chi connectivity index (χ0v) is 22.2. The van der Waals surface area contributed by atoms with Crippen molar-refractivity contribution in [2.75, 3.05) is 31.6 Å². The van der Waals surface area contributed by atoms with E-state index in [0.717, 1.165) is 42.7 Å². The van der Waals surface area contributed by atoms with Gasteiger partial charge in [-0.1, -0.05) is 29.8 Å². The summed E-state index contributed by atoms with van der Waals surface area (Å²) in [5, 5.41) is 6.52. The highest BCUT2D eigenvalue weighted by atomic mass is 35.5. The average molecular weight is 534 g/mol. The average Bonchev–Trinajstić information content (AvgIpc) is 2.96. The normalized spacial score (nSPS) is 17.2. The number of carbonyl (C=O) groups excluding carboxylic acids is 2. The second kappa shape index (κ2) is 11.7. The van der Waals surface area contributed by atoms with Crippen molar-refractivity contribution in [3.05, 3.63) is 88.7 Å². The maximum Gasteiger partial charge on any atom is 0.315 e. The fourth-order valence-corrected chi connectivity index (χ4v) is 5.34. The lowest BCUT2D eigenvalue weighted by Crippen LogP contribution is -2.45. The lowest BCUT2D eigenvalue weighted by molar-refractivity contribution is 0.0709. The standard InChI is InChI=1S/C29H32ClN5O3/c1-34(22-10-15-35(16-11-22)23-8-13-31-14-9-23)28(36)20-6-7-27-24(18-20)26(12-17-38-27)33-29(37)32-19-21-4-2-3-5-25(21)30/h2-9,13-14,18,22,26H,10-12,15-17,19H2,1H3,(H2,32,33,37). The Kier molecular flexibility index (Phi) is 7.98. The van der Waals surface area contributed by atoms with Crippen molar-refractivity contribution in [1.82, 2.24) is 20.5 Å². The van der Waals surface area contributed by atoms with Gasteiger partial charge in [0.25, 0.3) is 5.91 Å². The number of benzene rings is 2. The molecule has 5 rings (SSSR count). The van der Waals surface area contributed by atoms with E-state index in [0.29, 0.717) is 35.9 Å². The number of rotatable bonds is 6. The fraction of sp³-hybridized carbons (Fsp3) is 0.345. The highest BCUT2D eigenvalue weighted by Crippen LogP contribution is 2.33. The number of nitrogens with zero attached hydrogens (tertiary/aromatic N) is 3. The fourth-order valence-electron chi connectivity index (χ4n) is 5.14. The van der Waals surface area contributed by atoms with Crippen molar-refractivity contribution in [2.45, 2.75) is 37.9 Å². The van der Waals surface area contributed by atoms with E-state index in [4.69, 9.17) is 16.3 Å². The molecule has 3 aromatic rings. The first-order valence-electron chi connectivity index (χ1n) is 13.0. The number of piperidine rings is 1. The van der Waals surface area contributed by atoms with E-state index in [9.17, 15) is 9.59 Å². The molecule has 3 heterocycles. The van der Waals surface area contributed by atoms with Gasteiger partial charge in [0.1, 0.15) is 5.75 Å². The van der Waals surface area contributed by atoms with Gasteiger partial charge in [-0.25, -0.2) is 4.79 Å². The molecule has 3 amide bonds. The van der Waals surface area contributed by atoms with E-state index in [1.165, 1.54) is 0 Å². The van der Waals surface area contributed by atoms with Crippen molar-refractivity contribution in [1.29, 1.82) is 0 Å². The maximum atomic E-state index is 13.5. The van der Waals surface area contributed by atoms with Crippen LogP contribution in [0.15, 0.2) is 67.0 Å². The summed E-state index contributed by atoms with van der Waals surface area (Å²) in [5.41, 5.74) is 3.42. The van der Waals surface area contributed by atoms with Crippen molar-refractivity contribution >= 4 is 29.2 Å². The Morgan fingerprint density at radius 2 is 1.84 bits per heavy atom. The summed E-state index contributed by atoms with van der Waals surface area (Å²) in [6, 6.07) is 16.6. The van der Waals surface area contributed by atoms with E-state index in [2.05, 4.69) is 20.5 Å². The number of nitrogens with one attached hydrogen (secondary N) is 2. The highest BCUT2D eigenvalue weighted by Gasteiger charge is 2.29. The number of hydrogen-bond acceptors (Lipinski definition) is 5. The van der Waals surface area contributed by atoms with Crippen LogP contribution in [-0.4, -0.2) is 54.6 Å². The lowest BCUT2D eigenvalue weighted by Gasteiger charge is -2.38. The summed E-state index contributed by atoms with van der Waals surface area (Å²) in [5.74, 6) is 0.667. The largest absolute Gasteiger partial charge is 0.493 e. The van der Waals surface area contributed by atoms with Crippen LogP contribution in [0, 0.1) is 0 Å². The van der Waals surface area contributed by atoms with Gasteiger partial charge in [-0.2, -0.15) is 0 Å². The molecule has 0 spiro atoms. The predicted molar refractivity (Wildman–Crippen MR) is 148 cm³/mol. The summed E-state index contributed by atoms with van der Waals surface area (Å²) in [6.07, 6.45) is 6.03. The molecule has 1 saturated heterocycles. The molecule has 2 N–H and O–H groups in total. The summed E-state index contributed by atoms with van der Waals surface area (Å²) in [6.45, 7) is 2.59. The third kappa shape index (κ3) is 5.86. The minimum atomic E-state index is -0.294. The lowest BCUT2D eigenvalue weighted by atomic mass is 9.97. The summed E-state index contributed by atoms with van der Waals surface area (Å²) < 4.78 is 5.82. The van der Waals surface area contributed by atoms with Crippen molar-refractivity contribution in [3.63, 3.8) is 0 Å². The molecule has 38 heavy (non-hydrogen) atoms. The summed E-state index contributed by atoms with van der Waals surface area (Å²) in [4.78, 5) is 34.4. The number of aromatic nitrogens is 1. The van der Waals surface area contributed by atoms with Gasteiger partial charge in [0.05, 0.1) is 12.6 Å². The Balaban J connectivity index is 1.21. The monoisotopic (exact) mass is 533 g/mol. The van der Waals surface area contributed by atoms with Crippen LogP contribution in [0.5, 0.6) is 5.75 Å². The number of pyridine rings is 1. The van der Waals surface area contributed by atoms with Gasteiger partial charge in [-0.15, -0.1) is 0 Å². The Hall–Kier alpha value is -3.78. The number of hydrogen-bond donors (Lipinski definition) is 2. The number of amides is 3. The number of urea groups is 1.